The number of hydrogen-bond donors (Lipinski definition) is 1. The van der Waals surface area contributed by atoms with Crippen molar-refractivity contribution in [3.63, 3.8) is 0 Å². The van der Waals surface area contributed by atoms with Gasteiger partial charge in [0.15, 0.2) is 11.6 Å². The topological polar surface area (TPSA) is 75.0 Å². The molecule has 1 aliphatic heterocycles. The van der Waals surface area contributed by atoms with E-state index < -0.39 is 19.7 Å². The fourth-order valence-corrected chi connectivity index (χ4v) is 6.54. The molecule has 5 rings (SSSR count). The van der Waals surface area contributed by atoms with Crippen LogP contribution in [0.2, 0.25) is 25.7 Å². The SMILES string of the molecule is Cc1nc2c(F)cc(-c3nc(Nc4ccc5c(n4)CCN(CCN(C)CC[Si](C)(C)C)C5)ncc3F)cc2n1C(C)C. The van der Waals surface area contributed by atoms with Gasteiger partial charge >= 0.3 is 0 Å². The predicted molar refractivity (Wildman–Crippen MR) is 168 cm³/mol. The van der Waals surface area contributed by atoms with Crippen LogP contribution in [-0.4, -0.2) is 75.6 Å². The highest BCUT2D eigenvalue weighted by atomic mass is 28.3. The first-order chi connectivity index (χ1) is 19.9. The maximum atomic E-state index is 15.0. The molecule has 42 heavy (non-hydrogen) atoms. The summed E-state index contributed by atoms with van der Waals surface area (Å²) in [6.45, 7) is 18.2. The molecule has 0 unspecified atom stereocenters. The van der Waals surface area contributed by atoms with Gasteiger partial charge in [0, 0.05) is 58.0 Å². The Balaban J connectivity index is 1.29. The van der Waals surface area contributed by atoms with E-state index in [1.54, 1.807) is 6.07 Å². The molecule has 3 aromatic heterocycles. The number of nitrogens with zero attached hydrogens (tertiary/aromatic N) is 7. The first kappa shape index (κ1) is 30.2. The average molecular weight is 593 g/mol. The fourth-order valence-electron chi connectivity index (χ4n) is 5.49. The van der Waals surface area contributed by atoms with Crippen molar-refractivity contribution in [1.82, 2.24) is 34.3 Å². The highest BCUT2D eigenvalue weighted by Gasteiger charge is 2.21. The van der Waals surface area contributed by atoms with Crippen LogP contribution in [0.3, 0.4) is 0 Å². The summed E-state index contributed by atoms with van der Waals surface area (Å²) in [7, 11) is 1.19. The summed E-state index contributed by atoms with van der Waals surface area (Å²) < 4.78 is 31.9. The number of imidazole rings is 1. The summed E-state index contributed by atoms with van der Waals surface area (Å²) >= 11 is 0. The van der Waals surface area contributed by atoms with Gasteiger partial charge < -0.3 is 14.8 Å². The molecule has 11 heteroatoms. The van der Waals surface area contributed by atoms with Crippen molar-refractivity contribution in [1.29, 1.82) is 0 Å². The van der Waals surface area contributed by atoms with Gasteiger partial charge in [-0.25, -0.2) is 28.7 Å². The third-order valence-electron chi connectivity index (χ3n) is 7.87. The Kier molecular flexibility index (Phi) is 8.72. The minimum atomic E-state index is -1.03. The number of nitrogens with one attached hydrogen (secondary N) is 1. The Hall–Kier alpha value is -3.28. The average Bonchev–Trinajstić information content (AvgIpc) is 3.28. The molecule has 0 saturated heterocycles. The van der Waals surface area contributed by atoms with E-state index in [9.17, 15) is 4.39 Å². The van der Waals surface area contributed by atoms with Gasteiger partial charge in [-0.15, -0.1) is 0 Å². The second kappa shape index (κ2) is 12.1. The number of anilines is 2. The van der Waals surface area contributed by atoms with Crippen molar-refractivity contribution in [2.75, 3.05) is 38.5 Å². The largest absolute Gasteiger partial charge is 0.326 e. The van der Waals surface area contributed by atoms with Gasteiger partial charge in [0.25, 0.3) is 0 Å². The van der Waals surface area contributed by atoms with Gasteiger partial charge in [-0.1, -0.05) is 25.7 Å². The van der Waals surface area contributed by atoms with E-state index in [0.29, 0.717) is 22.7 Å². The van der Waals surface area contributed by atoms with Crippen LogP contribution in [0.1, 0.15) is 37.0 Å². The molecule has 1 N–H and O–H groups in total. The quantitative estimate of drug-likeness (QED) is 0.213. The lowest BCUT2D eigenvalue weighted by atomic mass is 10.1. The molecule has 224 valence electrons. The lowest BCUT2D eigenvalue weighted by Gasteiger charge is -2.30. The van der Waals surface area contributed by atoms with Gasteiger partial charge in [-0.05, 0) is 64.2 Å². The van der Waals surface area contributed by atoms with E-state index in [0.717, 1.165) is 51.0 Å². The van der Waals surface area contributed by atoms with Crippen LogP contribution in [-0.2, 0) is 13.0 Å². The van der Waals surface area contributed by atoms with Crippen molar-refractivity contribution in [2.24, 2.45) is 0 Å². The summed E-state index contributed by atoms with van der Waals surface area (Å²) in [5, 5.41) is 3.13. The van der Waals surface area contributed by atoms with E-state index in [-0.39, 0.29) is 23.2 Å². The molecule has 8 nitrogen and oxygen atoms in total. The molecular weight excluding hydrogens is 550 g/mol. The number of aryl methyl sites for hydroxylation is 1. The summed E-state index contributed by atoms with van der Waals surface area (Å²) in [6.07, 6.45) is 1.97. The summed E-state index contributed by atoms with van der Waals surface area (Å²) in [4.78, 5) is 22.7. The number of halogens is 2. The molecule has 0 saturated carbocycles. The number of pyridine rings is 1. The normalized spacial score (nSPS) is 14.3. The van der Waals surface area contributed by atoms with E-state index in [4.69, 9.17) is 4.98 Å². The molecule has 1 aromatic carbocycles. The van der Waals surface area contributed by atoms with Crippen molar-refractivity contribution in [3.8, 4) is 11.3 Å². The molecule has 0 spiro atoms. The molecule has 0 fully saturated rings. The molecule has 0 atom stereocenters. The molecule has 1 aliphatic rings. The van der Waals surface area contributed by atoms with Gasteiger partial charge in [-0.3, -0.25) is 4.90 Å². The molecular formula is C31H42F2N8Si. The Morgan fingerprint density at radius 3 is 2.57 bits per heavy atom. The third-order valence-corrected chi connectivity index (χ3v) is 9.59. The Bertz CT molecular complexity index is 1580. The number of likely N-dealkylation sites (N-methyl/N-ethyl adjacent to an activating group) is 1. The van der Waals surface area contributed by atoms with E-state index >= 15 is 4.39 Å². The summed E-state index contributed by atoms with van der Waals surface area (Å²) in [6, 6.07) is 8.41. The van der Waals surface area contributed by atoms with Crippen LogP contribution >= 0.6 is 0 Å². The van der Waals surface area contributed by atoms with Gasteiger partial charge in [-0.2, -0.15) is 0 Å². The Morgan fingerprint density at radius 1 is 1.05 bits per heavy atom. The maximum absolute atomic E-state index is 15.0. The zero-order valence-electron chi connectivity index (χ0n) is 25.8. The fraction of sp³-hybridized carbons (Fsp3) is 0.484. The first-order valence-corrected chi connectivity index (χ1v) is 18.5. The van der Waals surface area contributed by atoms with Crippen molar-refractivity contribution in [3.05, 3.63) is 59.2 Å². The lowest BCUT2D eigenvalue weighted by molar-refractivity contribution is 0.213. The van der Waals surface area contributed by atoms with Crippen LogP contribution in [0.5, 0.6) is 0 Å². The van der Waals surface area contributed by atoms with Crippen molar-refractivity contribution >= 4 is 30.9 Å². The molecule has 0 radical (unpaired) electrons. The zero-order chi connectivity index (χ0) is 30.2. The third kappa shape index (κ3) is 6.85. The Labute approximate surface area is 248 Å². The maximum Gasteiger partial charge on any atom is 0.229 e. The highest BCUT2D eigenvalue weighted by molar-refractivity contribution is 6.76. The Morgan fingerprint density at radius 2 is 1.83 bits per heavy atom. The van der Waals surface area contributed by atoms with Crippen LogP contribution in [0.15, 0.2) is 30.5 Å². The molecule has 4 aromatic rings. The van der Waals surface area contributed by atoms with E-state index in [1.165, 1.54) is 17.7 Å². The van der Waals surface area contributed by atoms with E-state index in [2.05, 4.69) is 62.8 Å². The van der Waals surface area contributed by atoms with E-state index in [1.807, 2.05) is 31.4 Å². The van der Waals surface area contributed by atoms with Gasteiger partial charge in [0.2, 0.25) is 5.95 Å². The van der Waals surface area contributed by atoms with Crippen LogP contribution in [0.25, 0.3) is 22.3 Å². The number of hydrogen-bond acceptors (Lipinski definition) is 7. The van der Waals surface area contributed by atoms with Crippen LogP contribution in [0.4, 0.5) is 20.5 Å². The standard InChI is InChI=1S/C31H42F2N8Si/c1-20(2)41-21(3)35-30-24(32)16-23(17-27(30)41)29-25(33)18-34-31(38-29)37-28-9-8-22-19-40(11-10-26(22)36-28)13-12-39(4)14-15-42(5,6)7/h8-9,16-18,20H,10-15,19H2,1-7H3,(H,34,36,37,38). The second-order valence-electron chi connectivity index (χ2n) is 12.9. The smallest absolute Gasteiger partial charge is 0.229 e. The molecule has 0 amide bonds. The number of aromatic nitrogens is 5. The highest BCUT2D eigenvalue weighted by Crippen LogP contribution is 2.30. The van der Waals surface area contributed by atoms with Crippen molar-refractivity contribution < 1.29 is 8.78 Å². The zero-order valence-corrected chi connectivity index (χ0v) is 26.8. The second-order valence-corrected chi connectivity index (χ2v) is 18.5. The molecule has 0 aliphatic carbocycles. The van der Waals surface area contributed by atoms with Crippen LogP contribution in [0, 0.1) is 18.6 Å². The monoisotopic (exact) mass is 592 g/mol. The predicted octanol–water partition coefficient (Wildman–Crippen LogP) is 6.43. The van der Waals surface area contributed by atoms with Gasteiger partial charge in [0.05, 0.1) is 11.7 Å². The summed E-state index contributed by atoms with van der Waals surface area (Å²) in [5.41, 5.74) is 3.49. The lowest BCUT2D eigenvalue weighted by Crippen LogP contribution is -2.38. The van der Waals surface area contributed by atoms with Crippen molar-refractivity contribution in [2.45, 2.75) is 65.5 Å². The van der Waals surface area contributed by atoms with Crippen LogP contribution < -0.4 is 5.32 Å². The minimum absolute atomic E-state index is 0.0193. The first-order valence-electron chi connectivity index (χ1n) is 14.8. The summed E-state index contributed by atoms with van der Waals surface area (Å²) in [5.74, 6) is 0.359. The number of fused-ring (bicyclic) bond motifs is 2. The molecule has 0 bridgehead atoms. The molecule has 4 heterocycles. The number of benzene rings is 1. The van der Waals surface area contributed by atoms with Gasteiger partial charge in [0.1, 0.15) is 22.9 Å². The minimum Gasteiger partial charge on any atom is -0.326 e. The number of rotatable bonds is 10.